The molecule has 21 heavy (non-hydrogen) atoms. The van der Waals surface area contributed by atoms with E-state index >= 15 is 0 Å². The Morgan fingerprint density at radius 2 is 1.86 bits per heavy atom. The van der Waals surface area contributed by atoms with Crippen molar-refractivity contribution in [3.05, 3.63) is 23.8 Å². The molecule has 1 aromatic carbocycles. The van der Waals surface area contributed by atoms with Gasteiger partial charge in [-0.3, -0.25) is 14.0 Å². The Hall–Kier alpha value is -1.35. The normalized spacial score (nSPS) is 27.9. The van der Waals surface area contributed by atoms with Gasteiger partial charge in [0.1, 0.15) is 5.75 Å². The number of benzene rings is 1. The minimum Gasteiger partial charge on any atom is -0.508 e. The molecule has 0 saturated carbocycles. The molecule has 1 saturated heterocycles. The van der Waals surface area contributed by atoms with E-state index in [4.69, 9.17) is 17.5 Å². The molecule has 118 valence electrons. The Morgan fingerprint density at radius 3 is 2.43 bits per heavy atom. The maximum atomic E-state index is 9.65. The summed E-state index contributed by atoms with van der Waals surface area (Å²) in [6.07, 6.45) is 1.60. The third kappa shape index (κ3) is 2.98. The molecular formula is C13H20N2O5S. The second-order valence-corrected chi connectivity index (χ2v) is 6.68. The molecule has 1 fully saturated rings. The summed E-state index contributed by atoms with van der Waals surface area (Å²) < 4.78 is 31.6. The van der Waals surface area contributed by atoms with Crippen molar-refractivity contribution < 1.29 is 22.6 Å². The number of phenols is 1. The molecule has 3 rings (SSSR count). The van der Waals surface area contributed by atoms with Gasteiger partial charge in [-0.2, -0.15) is 8.42 Å². The summed E-state index contributed by atoms with van der Waals surface area (Å²) in [7, 11) is -0.341. The zero-order valence-corrected chi connectivity index (χ0v) is 13.0. The SMILES string of the molecule is CN1CC[C@@]2(C)c3cc(O)ccc3N(C)[C@@H]12.O=S(=O)(O)O. The van der Waals surface area contributed by atoms with Gasteiger partial charge in [-0.1, -0.05) is 6.92 Å². The van der Waals surface area contributed by atoms with Gasteiger partial charge in [0.15, 0.2) is 0 Å². The highest BCUT2D eigenvalue weighted by molar-refractivity contribution is 7.79. The number of anilines is 1. The van der Waals surface area contributed by atoms with Crippen LogP contribution in [0.25, 0.3) is 0 Å². The number of rotatable bonds is 0. The molecule has 0 unspecified atom stereocenters. The first-order valence-electron chi connectivity index (χ1n) is 6.50. The fraction of sp³-hybridized carbons (Fsp3) is 0.538. The molecule has 2 heterocycles. The summed E-state index contributed by atoms with van der Waals surface area (Å²) >= 11 is 0. The molecule has 0 aliphatic carbocycles. The predicted octanol–water partition coefficient (Wildman–Crippen LogP) is 1.11. The lowest BCUT2D eigenvalue weighted by molar-refractivity contribution is 0.268. The van der Waals surface area contributed by atoms with E-state index in [9.17, 15) is 5.11 Å². The maximum Gasteiger partial charge on any atom is 0.394 e. The third-order valence-corrected chi connectivity index (χ3v) is 4.31. The van der Waals surface area contributed by atoms with Crippen LogP contribution in [-0.4, -0.2) is 54.3 Å². The fourth-order valence-corrected chi connectivity index (χ4v) is 3.56. The van der Waals surface area contributed by atoms with Crippen molar-refractivity contribution in [3.63, 3.8) is 0 Å². The van der Waals surface area contributed by atoms with Crippen molar-refractivity contribution >= 4 is 16.1 Å². The topological polar surface area (TPSA) is 101 Å². The summed E-state index contributed by atoms with van der Waals surface area (Å²) in [5.74, 6) is 0.378. The first-order chi connectivity index (χ1) is 9.54. The van der Waals surface area contributed by atoms with Crippen LogP contribution in [0.15, 0.2) is 18.2 Å². The van der Waals surface area contributed by atoms with Crippen molar-refractivity contribution in [1.29, 1.82) is 0 Å². The van der Waals surface area contributed by atoms with Crippen LogP contribution in [0.3, 0.4) is 0 Å². The van der Waals surface area contributed by atoms with Gasteiger partial charge in [-0.05, 0) is 37.2 Å². The first kappa shape index (κ1) is 16.0. The van der Waals surface area contributed by atoms with E-state index in [1.54, 1.807) is 6.07 Å². The van der Waals surface area contributed by atoms with Crippen LogP contribution in [0, 0.1) is 0 Å². The molecule has 7 nitrogen and oxygen atoms in total. The van der Waals surface area contributed by atoms with Gasteiger partial charge in [0.2, 0.25) is 0 Å². The van der Waals surface area contributed by atoms with Gasteiger partial charge in [0.05, 0.1) is 6.17 Å². The molecule has 0 amide bonds. The van der Waals surface area contributed by atoms with E-state index < -0.39 is 10.4 Å². The summed E-state index contributed by atoms with van der Waals surface area (Å²) in [6, 6.07) is 5.74. The van der Waals surface area contributed by atoms with Crippen LogP contribution in [-0.2, 0) is 15.8 Å². The largest absolute Gasteiger partial charge is 0.508 e. The number of nitrogens with zero attached hydrogens (tertiary/aromatic N) is 2. The Kier molecular flexibility index (Phi) is 3.92. The van der Waals surface area contributed by atoms with E-state index in [-0.39, 0.29) is 5.41 Å². The van der Waals surface area contributed by atoms with Crippen LogP contribution in [0.5, 0.6) is 5.75 Å². The number of fused-ring (bicyclic) bond motifs is 3. The van der Waals surface area contributed by atoms with E-state index in [0.717, 1.165) is 13.0 Å². The molecule has 2 aliphatic heterocycles. The van der Waals surface area contributed by atoms with E-state index in [2.05, 4.69) is 30.8 Å². The standard InChI is InChI=1S/C13H18N2O.H2O4S/c1-13-6-7-14(2)12(13)15(3)11-5-4-9(16)8-10(11)13;1-5(2,3)4/h4-5,8,12,16H,6-7H2,1-3H3;(H2,1,2,3,4)/t12-,13+;/m1./s1. The van der Waals surface area contributed by atoms with Gasteiger partial charge in [0, 0.05) is 24.7 Å². The molecule has 2 atom stereocenters. The van der Waals surface area contributed by atoms with Crippen molar-refractivity contribution in [2.75, 3.05) is 25.5 Å². The average Bonchev–Trinajstić information content (AvgIpc) is 2.73. The highest BCUT2D eigenvalue weighted by atomic mass is 32.3. The second kappa shape index (κ2) is 5.13. The van der Waals surface area contributed by atoms with Crippen LogP contribution in [0.1, 0.15) is 18.9 Å². The second-order valence-electron chi connectivity index (χ2n) is 5.78. The number of aromatic hydroxyl groups is 1. The average molecular weight is 316 g/mol. The lowest BCUT2D eigenvalue weighted by Gasteiger charge is -2.32. The minimum absolute atomic E-state index is 0.164. The van der Waals surface area contributed by atoms with E-state index in [0.29, 0.717) is 11.9 Å². The summed E-state index contributed by atoms with van der Waals surface area (Å²) in [4.78, 5) is 4.73. The lowest BCUT2D eigenvalue weighted by atomic mass is 9.81. The monoisotopic (exact) mass is 316 g/mol. The molecule has 0 radical (unpaired) electrons. The number of hydrogen-bond acceptors (Lipinski definition) is 5. The summed E-state index contributed by atoms with van der Waals surface area (Å²) in [5.41, 5.74) is 2.72. The smallest absolute Gasteiger partial charge is 0.394 e. The van der Waals surface area contributed by atoms with Crippen LogP contribution in [0.4, 0.5) is 5.69 Å². The van der Waals surface area contributed by atoms with Crippen molar-refractivity contribution in [3.8, 4) is 5.75 Å². The Morgan fingerprint density at radius 1 is 1.29 bits per heavy atom. The van der Waals surface area contributed by atoms with Gasteiger partial charge in [-0.25, -0.2) is 0 Å². The van der Waals surface area contributed by atoms with Gasteiger partial charge < -0.3 is 10.0 Å². The lowest BCUT2D eigenvalue weighted by Crippen LogP contribution is -2.45. The van der Waals surface area contributed by atoms with Crippen LogP contribution in [0.2, 0.25) is 0 Å². The quantitative estimate of drug-likeness (QED) is 0.616. The first-order valence-corrected chi connectivity index (χ1v) is 7.90. The molecular weight excluding hydrogens is 296 g/mol. The minimum atomic E-state index is -4.67. The maximum absolute atomic E-state index is 9.65. The Labute approximate surface area is 124 Å². The summed E-state index contributed by atoms with van der Waals surface area (Å²) in [5, 5.41) is 9.65. The Balaban J connectivity index is 0.000000282. The highest BCUT2D eigenvalue weighted by Crippen LogP contribution is 2.51. The number of likely N-dealkylation sites (N-methyl/N-ethyl adjacent to an activating group) is 2. The highest BCUT2D eigenvalue weighted by Gasteiger charge is 2.52. The number of likely N-dealkylation sites (tertiary alicyclic amines) is 1. The van der Waals surface area contributed by atoms with Crippen molar-refractivity contribution in [1.82, 2.24) is 4.90 Å². The molecule has 0 bridgehead atoms. The van der Waals surface area contributed by atoms with Crippen LogP contribution < -0.4 is 4.90 Å². The van der Waals surface area contributed by atoms with Crippen LogP contribution >= 0.6 is 0 Å². The zero-order valence-electron chi connectivity index (χ0n) is 12.2. The number of phenolic OH excluding ortho intramolecular Hbond substituents is 1. The van der Waals surface area contributed by atoms with Gasteiger partial charge in [-0.15, -0.1) is 0 Å². The molecule has 8 heteroatoms. The molecule has 3 N–H and O–H groups in total. The van der Waals surface area contributed by atoms with E-state index in [1.807, 2.05) is 12.1 Å². The fourth-order valence-electron chi connectivity index (χ4n) is 3.56. The van der Waals surface area contributed by atoms with Crippen molar-refractivity contribution in [2.45, 2.75) is 24.9 Å². The molecule has 1 aromatic rings. The number of hydrogen-bond donors (Lipinski definition) is 3. The Bertz CT molecular complexity index is 640. The third-order valence-electron chi connectivity index (χ3n) is 4.31. The molecule has 2 aliphatic rings. The van der Waals surface area contributed by atoms with Gasteiger partial charge in [0.25, 0.3) is 0 Å². The molecule has 0 spiro atoms. The van der Waals surface area contributed by atoms with E-state index in [1.165, 1.54) is 11.3 Å². The van der Waals surface area contributed by atoms with Crippen molar-refractivity contribution in [2.24, 2.45) is 0 Å². The molecule has 0 aromatic heterocycles. The summed E-state index contributed by atoms with van der Waals surface area (Å²) in [6.45, 7) is 3.43. The predicted molar refractivity (Wildman–Crippen MR) is 79.1 cm³/mol. The zero-order chi connectivity index (χ0) is 16.0. The van der Waals surface area contributed by atoms with Gasteiger partial charge >= 0.3 is 10.4 Å².